The zero-order valence-corrected chi connectivity index (χ0v) is 13.0. The molecule has 21 heavy (non-hydrogen) atoms. The Morgan fingerprint density at radius 2 is 1.90 bits per heavy atom. The number of ether oxygens (including phenoxy) is 1. The predicted molar refractivity (Wildman–Crippen MR) is 86.0 cm³/mol. The molecule has 0 fully saturated rings. The molecule has 112 valence electrons. The molecule has 0 heterocycles. The largest absolute Gasteiger partial charge is 0.488 e. The highest BCUT2D eigenvalue weighted by Crippen LogP contribution is 2.32. The molecular weight excluding hydrogens is 291 g/mol. The lowest BCUT2D eigenvalue weighted by atomic mass is 10.1. The van der Waals surface area contributed by atoms with Crippen LogP contribution in [-0.4, -0.2) is 6.10 Å². The van der Waals surface area contributed by atoms with Crippen molar-refractivity contribution in [2.24, 2.45) is 0 Å². The Kier molecular flexibility index (Phi) is 4.58. The van der Waals surface area contributed by atoms with Crippen molar-refractivity contribution < 1.29 is 9.13 Å². The van der Waals surface area contributed by atoms with Gasteiger partial charge in [-0.3, -0.25) is 0 Å². The van der Waals surface area contributed by atoms with Gasteiger partial charge in [0.25, 0.3) is 0 Å². The molecule has 2 rings (SSSR count). The Hall–Kier alpha value is -1.94. The molecule has 0 unspecified atom stereocenters. The van der Waals surface area contributed by atoms with Crippen LogP contribution in [0, 0.1) is 12.7 Å². The molecule has 0 saturated carbocycles. The molecule has 0 amide bonds. The van der Waals surface area contributed by atoms with E-state index in [1.165, 1.54) is 6.07 Å². The minimum absolute atomic E-state index is 0.121. The smallest absolute Gasteiger partial charge is 0.167 e. The molecule has 0 radical (unpaired) electrons. The maximum atomic E-state index is 13.8. The summed E-state index contributed by atoms with van der Waals surface area (Å²) in [7, 11) is 0. The second-order valence-electron chi connectivity index (χ2n) is 5.12. The summed E-state index contributed by atoms with van der Waals surface area (Å²) in [4.78, 5) is 0. The fourth-order valence-corrected chi connectivity index (χ4v) is 2.07. The molecular formula is C16H18ClFN2O. The average Bonchev–Trinajstić information content (AvgIpc) is 2.39. The van der Waals surface area contributed by atoms with Crippen molar-refractivity contribution in [1.29, 1.82) is 0 Å². The number of nitrogens with two attached hydrogens (primary N) is 1. The molecule has 0 aliphatic carbocycles. The maximum absolute atomic E-state index is 13.8. The molecule has 3 N–H and O–H groups in total. The van der Waals surface area contributed by atoms with Gasteiger partial charge in [0, 0.05) is 22.8 Å². The summed E-state index contributed by atoms with van der Waals surface area (Å²) in [6.07, 6.45) is -0.121. The van der Waals surface area contributed by atoms with E-state index in [0.717, 1.165) is 11.3 Å². The quantitative estimate of drug-likeness (QED) is 0.790. The van der Waals surface area contributed by atoms with Crippen molar-refractivity contribution in [2.75, 3.05) is 11.1 Å². The summed E-state index contributed by atoms with van der Waals surface area (Å²) in [5, 5.41) is 3.78. The van der Waals surface area contributed by atoms with Crippen LogP contribution in [0.3, 0.4) is 0 Å². The highest BCUT2D eigenvalue weighted by molar-refractivity contribution is 6.30. The van der Waals surface area contributed by atoms with Crippen LogP contribution in [0.15, 0.2) is 30.3 Å². The molecule has 0 atom stereocenters. The standard InChI is InChI=1S/C16H18ClFN2O/c1-9(2)21-16-8-15(13(19)7-12(16)18)20-14-6-11(17)5-4-10(14)3/h4-9,20H,19H2,1-3H3. The third-order valence-corrected chi connectivity index (χ3v) is 3.17. The maximum Gasteiger partial charge on any atom is 0.167 e. The number of nitrogen functional groups attached to an aromatic ring is 1. The van der Waals surface area contributed by atoms with Crippen LogP contribution < -0.4 is 15.8 Å². The van der Waals surface area contributed by atoms with E-state index in [-0.39, 0.29) is 11.9 Å². The van der Waals surface area contributed by atoms with Crippen LogP contribution in [0.2, 0.25) is 5.02 Å². The Labute approximate surface area is 128 Å². The fraction of sp³-hybridized carbons (Fsp3) is 0.250. The molecule has 5 heteroatoms. The van der Waals surface area contributed by atoms with E-state index in [4.69, 9.17) is 22.1 Å². The Morgan fingerprint density at radius 1 is 1.19 bits per heavy atom. The number of rotatable bonds is 4. The van der Waals surface area contributed by atoms with E-state index in [1.807, 2.05) is 32.9 Å². The lowest BCUT2D eigenvalue weighted by molar-refractivity contribution is 0.231. The van der Waals surface area contributed by atoms with Crippen molar-refractivity contribution in [2.45, 2.75) is 26.9 Å². The first kappa shape index (κ1) is 15.4. The molecule has 3 nitrogen and oxygen atoms in total. The van der Waals surface area contributed by atoms with Gasteiger partial charge in [-0.1, -0.05) is 17.7 Å². The molecule has 0 spiro atoms. The molecule has 0 aliphatic rings. The highest BCUT2D eigenvalue weighted by Gasteiger charge is 2.11. The van der Waals surface area contributed by atoms with Gasteiger partial charge in [0.1, 0.15) is 0 Å². The number of hydrogen-bond acceptors (Lipinski definition) is 3. The van der Waals surface area contributed by atoms with Gasteiger partial charge in [-0.25, -0.2) is 4.39 Å². The van der Waals surface area contributed by atoms with Crippen molar-refractivity contribution in [1.82, 2.24) is 0 Å². The molecule has 0 bridgehead atoms. The highest BCUT2D eigenvalue weighted by atomic mass is 35.5. The van der Waals surface area contributed by atoms with E-state index < -0.39 is 5.82 Å². The van der Waals surface area contributed by atoms with Crippen LogP contribution >= 0.6 is 11.6 Å². The summed E-state index contributed by atoms with van der Waals surface area (Å²) >= 11 is 5.99. The monoisotopic (exact) mass is 308 g/mol. The molecule has 0 aliphatic heterocycles. The normalized spacial score (nSPS) is 10.8. The second-order valence-corrected chi connectivity index (χ2v) is 5.56. The Balaban J connectivity index is 2.37. The number of aryl methyl sites for hydroxylation is 1. The van der Waals surface area contributed by atoms with Gasteiger partial charge in [-0.05, 0) is 38.5 Å². The van der Waals surface area contributed by atoms with Crippen LogP contribution in [0.5, 0.6) is 5.75 Å². The minimum Gasteiger partial charge on any atom is -0.488 e. The Bertz CT molecular complexity index is 659. The summed E-state index contributed by atoms with van der Waals surface area (Å²) in [6, 6.07) is 8.31. The first-order valence-corrected chi connectivity index (χ1v) is 7.03. The van der Waals surface area contributed by atoms with E-state index in [1.54, 1.807) is 12.1 Å². The van der Waals surface area contributed by atoms with Gasteiger partial charge in [-0.2, -0.15) is 0 Å². The number of hydrogen-bond donors (Lipinski definition) is 2. The summed E-state index contributed by atoms with van der Waals surface area (Å²) in [5.41, 5.74) is 8.58. The third-order valence-electron chi connectivity index (χ3n) is 2.94. The summed E-state index contributed by atoms with van der Waals surface area (Å²) in [6.45, 7) is 5.62. The van der Waals surface area contributed by atoms with Crippen LogP contribution in [0.1, 0.15) is 19.4 Å². The van der Waals surface area contributed by atoms with Gasteiger partial charge in [0.15, 0.2) is 11.6 Å². The van der Waals surface area contributed by atoms with Gasteiger partial charge >= 0.3 is 0 Å². The van der Waals surface area contributed by atoms with Crippen LogP contribution in [0.4, 0.5) is 21.5 Å². The molecule has 0 aromatic heterocycles. The first-order valence-electron chi connectivity index (χ1n) is 6.65. The van der Waals surface area contributed by atoms with Crippen LogP contribution in [0.25, 0.3) is 0 Å². The summed E-state index contributed by atoms with van der Waals surface area (Å²) in [5.74, 6) is -0.309. The fourth-order valence-electron chi connectivity index (χ4n) is 1.90. The zero-order chi connectivity index (χ0) is 15.6. The summed E-state index contributed by atoms with van der Waals surface area (Å²) < 4.78 is 19.3. The van der Waals surface area contributed by atoms with Gasteiger partial charge in [0.05, 0.1) is 17.5 Å². The van der Waals surface area contributed by atoms with E-state index in [9.17, 15) is 4.39 Å². The topological polar surface area (TPSA) is 47.3 Å². The van der Waals surface area contributed by atoms with Crippen molar-refractivity contribution >= 4 is 28.7 Å². The number of halogens is 2. The van der Waals surface area contributed by atoms with Crippen molar-refractivity contribution in [3.8, 4) is 5.75 Å². The first-order chi connectivity index (χ1) is 9.86. The third kappa shape index (κ3) is 3.79. The average molecular weight is 309 g/mol. The lowest BCUT2D eigenvalue weighted by Crippen LogP contribution is -2.08. The SMILES string of the molecule is Cc1ccc(Cl)cc1Nc1cc(OC(C)C)c(F)cc1N. The van der Waals surface area contributed by atoms with Gasteiger partial charge < -0.3 is 15.8 Å². The van der Waals surface area contributed by atoms with Crippen molar-refractivity contribution in [3.63, 3.8) is 0 Å². The number of anilines is 3. The second kappa shape index (κ2) is 6.22. The van der Waals surface area contributed by atoms with E-state index in [0.29, 0.717) is 16.4 Å². The lowest BCUT2D eigenvalue weighted by Gasteiger charge is -2.16. The zero-order valence-electron chi connectivity index (χ0n) is 12.2. The van der Waals surface area contributed by atoms with Crippen LogP contribution in [-0.2, 0) is 0 Å². The van der Waals surface area contributed by atoms with E-state index >= 15 is 0 Å². The van der Waals surface area contributed by atoms with Gasteiger partial charge in [0.2, 0.25) is 0 Å². The molecule has 2 aromatic rings. The Morgan fingerprint density at radius 3 is 2.57 bits per heavy atom. The van der Waals surface area contributed by atoms with Gasteiger partial charge in [-0.15, -0.1) is 0 Å². The molecule has 2 aromatic carbocycles. The van der Waals surface area contributed by atoms with Crippen molar-refractivity contribution in [3.05, 3.63) is 46.7 Å². The number of nitrogens with one attached hydrogen (secondary N) is 1. The predicted octanol–water partition coefficient (Wildman–Crippen LogP) is 4.90. The number of benzene rings is 2. The van der Waals surface area contributed by atoms with E-state index in [2.05, 4.69) is 5.32 Å². The minimum atomic E-state index is -0.477. The molecule has 0 saturated heterocycles.